The van der Waals surface area contributed by atoms with Crippen LogP contribution in [0, 0.1) is 5.82 Å². The summed E-state index contributed by atoms with van der Waals surface area (Å²) in [6, 6.07) is 4.94. The lowest BCUT2D eigenvalue weighted by Gasteiger charge is -2.10. The quantitative estimate of drug-likeness (QED) is 0.660. The number of nitrogen functional groups attached to an aromatic ring is 1. The molecule has 0 unspecified atom stereocenters. The molecule has 1 heterocycles. The highest BCUT2D eigenvalue weighted by Gasteiger charge is 2.25. The number of methoxy groups -OCH3 is 1. The maximum Gasteiger partial charge on any atom is 0.350 e. The zero-order chi connectivity index (χ0) is 15.6. The summed E-state index contributed by atoms with van der Waals surface area (Å²) in [5.74, 6) is -1.67. The third-order valence-corrected chi connectivity index (χ3v) is 4.90. The Balaban J connectivity index is 2.44. The first-order valence-corrected chi connectivity index (χ1v) is 7.95. The SMILES string of the molecule is COC(=O)c1sccc1NS(=O)(=O)c1c(N)cccc1F. The minimum Gasteiger partial charge on any atom is -0.465 e. The summed E-state index contributed by atoms with van der Waals surface area (Å²) >= 11 is 1.00. The van der Waals surface area contributed by atoms with E-state index in [0.717, 1.165) is 17.4 Å². The van der Waals surface area contributed by atoms with Gasteiger partial charge in [0, 0.05) is 0 Å². The molecule has 2 aromatic rings. The Hall–Kier alpha value is -2.13. The highest BCUT2D eigenvalue weighted by molar-refractivity contribution is 7.93. The molecule has 1 aromatic carbocycles. The lowest BCUT2D eigenvalue weighted by atomic mass is 10.3. The molecule has 6 nitrogen and oxygen atoms in total. The average molecular weight is 330 g/mol. The summed E-state index contributed by atoms with van der Waals surface area (Å²) in [5, 5.41) is 1.51. The van der Waals surface area contributed by atoms with E-state index in [4.69, 9.17) is 5.73 Å². The van der Waals surface area contributed by atoms with Crippen LogP contribution in [-0.2, 0) is 14.8 Å². The molecule has 0 aliphatic rings. The summed E-state index contributed by atoms with van der Waals surface area (Å²) in [6.45, 7) is 0. The fraction of sp³-hybridized carbons (Fsp3) is 0.0833. The van der Waals surface area contributed by atoms with Crippen molar-refractivity contribution >= 4 is 38.7 Å². The lowest BCUT2D eigenvalue weighted by molar-refractivity contribution is 0.0607. The van der Waals surface area contributed by atoms with E-state index < -0.39 is 26.7 Å². The summed E-state index contributed by atoms with van der Waals surface area (Å²) in [7, 11) is -3.08. The topological polar surface area (TPSA) is 98.5 Å². The molecule has 0 fully saturated rings. The number of hydrogen-bond acceptors (Lipinski definition) is 6. The van der Waals surface area contributed by atoms with Crippen LogP contribution in [0.15, 0.2) is 34.5 Å². The second kappa shape index (κ2) is 5.70. The number of hydrogen-bond donors (Lipinski definition) is 2. The largest absolute Gasteiger partial charge is 0.465 e. The van der Waals surface area contributed by atoms with Crippen LogP contribution in [-0.4, -0.2) is 21.5 Å². The molecule has 21 heavy (non-hydrogen) atoms. The second-order valence-corrected chi connectivity index (χ2v) is 6.45. The molecule has 0 aliphatic heterocycles. The van der Waals surface area contributed by atoms with Crippen molar-refractivity contribution in [3.05, 3.63) is 40.3 Å². The van der Waals surface area contributed by atoms with Crippen molar-refractivity contribution in [2.24, 2.45) is 0 Å². The van der Waals surface area contributed by atoms with Gasteiger partial charge in [-0.05, 0) is 23.6 Å². The third kappa shape index (κ3) is 2.98. The highest BCUT2D eigenvalue weighted by atomic mass is 32.2. The summed E-state index contributed by atoms with van der Waals surface area (Å²) < 4.78 is 44.8. The van der Waals surface area contributed by atoms with Crippen LogP contribution in [0.3, 0.4) is 0 Å². The van der Waals surface area contributed by atoms with Crippen LogP contribution in [0.2, 0.25) is 0 Å². The first-order valence-electron chi connectivity index (χ1n) is 5.59. The molecule has 0 atom stereocenters. The number of nitrogens with two attached hydrogens (primary N) is 1. The van der Waals surface area contributed by atoms with Gasteiger partial charge < -0.3 is 10.5 Å². The van der Waals surface area contributed by atoms with Crippen molar-refractivity contribution in [1.29, 1.82) is 0 Å². The summed E-state index contributed by atoms with van der Waals surface area (Å²) in [5.41, 5.74) is 5.30. The number of sulfonamides is 1. The Labute approximate surface area is 124 Å². The zero-order valence-electron chi connectivity index (χ0n) is 10.8. The van der Waals surface area contributed by atoms with Gasteiger partial charge in [-0.15, -0.1) is 11.3 Å². The Kier molecular flexibility index (Phi) is 4.14. The van der Waals surface area contributed by atoms with Gasteiger partial charge in [0.25, 0.3) is 10.0 Å². The van der Waals surface area contributed by atoms with Crippen LogP contribution in [0.5, 0.6) is 0 Å². The fourth-order valence-electron chi connectivity index (χ4n) is 1.65. The Morgan fingerprint density at radius 3 is 2.71 bits per heavy atom. The second-order valence-electron chi connectivity index (χ2n) is 3.92. The summed E-state index contributed by atoms with van der Waals surface area (Å²) in [4.78, 5) is 10.9. The standard InChI is InChI=1S/C12H11FN2O4S2/c1-19-12(16)10-9(5-6-20-10)15-21(17,18)11-7(13)3-2-4-8(11)14/h2-6,15H,14H2,1H3. The van der Waals surface area contributed by atoms with Crippen molar-refractivity contribution < 1.29 is 22.3 Å². The van der Waals surface area contributed by atoms with Crippen molar-refractivity contribution in [2.45, 2.75) is 4.90 Å². The average Bonchev–Trinajstić information content (AvgIpc) is 2.84. The molecule has 2 rings (SSSR count). The highest BCUT2D eigenvalue weighted by Crippen LogP contribution is 2.28. The number of nitrogens with one attached hydrogen (secondary N) is 1. The molecule has 9 heteroatoms. The van der Waals surface area contributed by atoms with E-state index in [1.165, 1.54) is 30.7 Å². The zero-order valence-corrected chi connectivity index (χ0v) is 12.4. The number of rotatable bonds is 4. The van der Waals surface area contributed by atoms with Gasteiger partial charge >= 0.3 is 5.97 Å². The van der Waals surface area contributed by atoms with E-state index in [1.807, 2.05) is 0 Å². The van der Waals surface area contributed by atoms with Gasteiger partial charge in [-0.3, -0.25) is 4.72 Å². The number of halogens is 1. The van der Waals surface area contributed by atoms with E-state index in [1.54, 1.807) is 0 Å². The van der Waals surface area contributed by atoms with Crippen LogP contribution >= 0.6 is 11.3 Å². The van der Waals surface area contributed by atoms with Crippen molar-refractivity contribution in [1.82, 2.24) is 0 Å². The van der Waals surface area contributed by atoms with Crippen molar-refractivity contribution in [3.63, 3.8) is 0 Å². The van der Waals surface area contributed by atoms with E-state index in [2.05, 4.69) is 9.46 Å². The van der Waals surface area contributed by atoms with Crippen LogP contribution in [0.4, 0.5) is 15.8 Å². The maximum atomic E-state index is 13.7. The molecule has 0 aliphatic carbocycles. The summed E-state index contributed by atoms with van der Waals surface area (Å²) in [6.07, 6.45) is 0. The predicted molar refractivity (Wildman–Crippen MR) is 77.3 cm³/mol. The molecule has 0 saturated carbocycles. The molecule has 0 saturated heterocycles. The molecular weight excluding hydrogens is 319 g/mol. The van der Waals surface area contributed by atoms with Gasteiger partial charge in [-0.25, -0.2) is 17.6 Å². The number of carbonyl (C=O) groups is 1. The number of anilines is 2. The molecule has 0 amide bonds. The first-order chi connectivity index (χ1) is 9.86. The smallest absolute Gasteiger partial charge is 0.350 e. The van der Waals surface area contributed by atoms with E-state index in [0.29, 0.717) is 0 Å². The van der Waals surface area contributed by atoms with E-state index in [-0.39, 0.29) is 16.3 Å². The number of benzene rings is 1. The molecule has 112 valence electrons. The monoisotopic (exact) mass is 330 g/mol. The number of ether oxygens (including phenoxy) is 1. The van der Waals surface area contributed by atoms with E-state index >= 15 is 0 Å². The minimum absolute atomic E-state index is 0.00880. The van der Waals surface area contributed by atoms with Gasteiger partial charge in [0.05, 0.1) is 18.5 Å². The van der Waals surface area contributed by atoms with Gasteiger partial charge in [0.15, 0.2) is 0 Å². The molecule has 3 N–H and O–H groups in total. The van der Waals surface area contributed by atoms with Gasteiger partial charge in [-0.2, -0.15) is 0 Å². The number of esters is 1. The normalized spacial score (nSPS) is 11.1. The van der Waals surface area contributed by atoms with E-state index in [9.17, 15) is 17.6 Å². The third-order valence-electron chi connectivity index (χ3n) is 2.55. The van der Waals surface area contributed by atoms with Gasteiger partial charge in [0.1, 0.15) is 15.6 Å². The Morgan fingerprint density at radius 1 is 1.38 bits per heavy atom. The molecule has 0 bridgehead atoms. The predicted octanol–water partition coefficient (Wildman–Crippen LogP) is 2.06. The molecule has 1 aromatic heterocycles. The number of carbonyl (C=O) groups excluding carboxylic acids is 1. The molecule has 0 radical (unpaired) electrons. The van der Waals surface area contributed by atoms with Gasteiger partial charge in [-0.1, -0.05) is 6.07 Å². The lowest BCUT2D eigenvalue weighted by Crippen LogP contribution is -2.17. The Bertz CT molecular complexity index is 766. The Morgan fingerprint density at radius 2 is 2.10 bits per heavy atom. The van der Waals surface area contributed by atoms with Crippen LogP contribution < -0.4 is 10.5 Å². The molecular formula is C12H11FN2O4S2. The van der Waals surface area contributed by atoms with Crippen LogP contribution in [0.25, 0.3) is 0 Å². The first kappa shape index (κ1) is 15.3. The molecule has 0 spiro atoms. The fourth-order valence-corrected chi connectivity index (χ4v) is 3.74. The van der Waals surface area contributed by atoms with Crippen molar-refractivity contribution in [2.75, 3.05) is 17.6 Å². The maximum absolute atomic E-state index is 13.7. The number of thiophene rings is 1. The van der Waals surface area contributed by atoms with Crippen molar-refractivity contribution in [3.8, 4) is 0 Å². The minimum atomic E-state index is -4.26. The van der Waals surface area contributed by atoms with Crippen LogP contribution in [0.1, 0.15) is 9.67 Å². The van der Waals surface area contributed by atoms with Gasteiger partial charge in [0.2, 0.25) is 0 Å².